The summed E-state index contributed by atoms with van der Waals surface area (Å²) >= 11 is 0. The monoisotopic (exact) mass is 561 g/mol. The topological polar surface area (TPSA) is 119 Å². The highest BCUT2D eigenvalue weighted by Gasteiger charge is 2.38. The lowest BCUT2D eigenvalue weighted by molar-refractivity contribution is -0.192. The molecule has 0 spiro atoms. The molecule has 2 fully saturated rings. The third-order valence-electron chi connectivity index (χ3n) is 6.42. The number of aliphatic carboxylic acids is 1. The Hall–Kier alpha value is -4.13. The van der Waals surface area contributed by atoms with Crippen LogP contribution in [0.1, 0.15) is 28.9 Å². The van der Waals surface area contributed by atoms with Crippen molar-refractivity contribution in [1.82, 2.24) is 19.9 Å². The number of carboxylic acid groups (broad SMARTS) is 1. The molecule has 1 saturated carbocycles. The van der Waals surface area contributed by atoms with Crippen LogP contribution in [0, 0.1) is 5.92 Å². The largest absolute Gasteiger partial charge is 0.496 e. The van der Waals surface area contributed by atoms with Crippen LogP contribution in [-0.4, -0.2) is 71.1 Å². The van der Waals surface area contributed by atoms with E-state index in [9.17, 15) is 18.0 Å². The minimum Gasteiger partial charge on any atom is -0.496 e. The third kappa shape index (κ3) is 7.72. The Morgan fingerprint density at radius 3 is 2.38 bits per heavy atom. The number of alkyl halides is 3. The zero-order valence-corrected chi connectivity index (χ0v) is 21.9. The molecule has 2 aromatic heterocycles. The van der Waals surface area contributed by atoms with E-state index in [0.717, 1.165) is 42.1 Å². The first-order chi connectivity index (χ1) is 19.2. The number of para-hydroxylation sites is 1. The second-order valence-electron chi connectivity index (χ2n) is 9.38. The van der Waals surface area contributed by atoms with Gasteiger partial charge < -0.3 is 29.4 Å². The molecule has 0 unspecified atom stereocenters. The fourth-order valence-electron chi connectivity index (χ4n) is 4.10. The van der Waals surface area contributed by atoms with E-state index in [1.54, 1.807) is 7.11 Å². The van der Waals surface area contributed by atoms with Gasteiger partial charge >= 0.3 is 12.1 Å². The molecule has 40 heavy (non-hydrogen) atoms. The molecule has 0 radical (unpaired) electrons. The number of methoxy groups -OCH3 is 1. The van der Waals surface area contributed by atoms with Crippen molar-refractivity contribution in [2.45, 2.75) is 32.1 Å². The van der Waals surface area contributed by atoms with Crippen LogP contribution in [0.3, 0.4) is 0 Å². The fraction of sp³-hybridized carbons (Fsp3) is 0.407. The molecule has 0 bridgehead atoms. The summed E-state index contributed by atoms with van der Waals surface area (Å²) in [5, 5.41) is 10.2. The van der Waals surface area contributed by atoms with E-state index in [-0.39, 0.29) is 5.91 Å². The van der Waals surface area contributed by atoms with Gasteiger partial charge in [-0.1, -0.05) is 18.2 Å². The molecule has 10 nitrogen and oxygen atoms in total. The summed E-state index contributed by atoms with van der Waals surface area (Å²) in [5.41, 5.74) is 3.46. The Kier molecular flexibility index (Phi) is 9.25. The summed E-state index contributed by atoms with van der Waals surface area (Å²) in [7, 11) is 1.64. The van der Waals surface area contributed by atoms with Gasteiger partial charge in [0.2, 0.25) is 5.95 Å². The molecule has 1 aliphatic heterocycles. The van der Waals surface area contributed by atoms with E-state index in [1.165, 1.54) is 12.8 Å². The van der Waals surface area contributed by atoms with Crippen molar-refractivity contribution in [2.75, 3.05) is 38.3 Å². The lowest BCUT2D eigenvalue weighted by atomic mass is 10.2. The number of benzene rings is 1. The Balaban J connectivity index is 0.000000470. The zero-order chi connectivity index (χ0) is 28.7. The van der Waals surface area contributed by atoms with Crippen LogP contribution in [0.15, 0.2) is 48.9 Å². The number of nitrogens with zero attached hydrogens (tertiary/aromatic N) is 4. The van der Waals surface area contributed by atoms with Crippen LogP contribution >= 0.6 is 0 Å². The molecule has 3 aromatic rings. The molecule has 214 valence electrons. The number of nitrogens with one attached hydrogen (secondary N) is 1. The number of carboxylic acids is 1. The van der Waals surface area contributed by atoms with Crippen LogP contribution in [0.4, 0.5) is 19.1 Å². The maximum Gasteiger partial charge on any atom is 0.490 e. The fourth-order valence-corrected chi connectivity index (χ4v) is 4.10. The smallest absolute Gasteiger partial charge is 0.490 e. The lowest BCUT2D eigenvalue weighted by Crippen LogP contribution is -2.37. The predicted molar refractivity (Wildman–Crippen MR) is 139 cm³/mol. The number of carbonyl (C=O) groups excluding carboxylic acids is 1. The van der Waals surface area contributed by atoms with Gasteiger partial charge in [0.05, 0.1) is 20.3 Å². The zero-order valence-electron chi connectivity index (χ0n) is 21.9. The first-order valence-electron chi connectivity index (χ1n) is 12.7. The van der Waals surface area contributed by atoms with Gasteiger partial charge in [0.1, 0.15) is 11.4 Å². The summed E-state index contributed by atoms with van der Waals surface area (Å²) in [6.07, 6.45) is 3.07. The van der Waals surface area contributed by atoms with E-state index in [4.69, 9.17) is 19.4 Å². The maximum absolute atomic E-state index is 13.1. The highest BCUT2D eigenvalue weighted by atomic mass is 19.4. The molecule has 13 heteroatoms. The molecule has 2 aliphatic rings. The molecular weight excluding hydrogens is 531 g/mol. The first-order valence-corrected chi connectivity index (χ1v) is 12.7. The van der Waals surface area contributed by atoms with Crippen molar-refractivity contribution >= 4 is 17.8 Å². The number of hydrogen-bond donors (Lipinski definition) is 2. The number of halogens is 3. The van der Waals surface area contributed by atoms with E-state index < -0.39 is 12.1 Å². The van der Waals surface area contributed by atoms with Crippen molar-refractivity contribution in [3.63, 3.8) is 0 Å². The van der Waals surface area contributed by atoms with Crippen LogP contribution in [0.25, 0.3) is 11.1 Å². The summed E-state index contributed by atoms with van der Waals surface area (Å²) in [4.78, 5) is 33.3. The van der Waals surface area contributed by atoms with Gasteiger partial charge in [0.15, 0.2) is 0 Å². The summed E-state index contributed by atoms with van der Waals surface area (Å²) in [6.45, 7) is 4.25. The predicted octanol–water partition coefficient (Wildman–Crippen LogP) is 3.76. The number of hydrogen-bond acceptors (Lipinski definition) is 7. The summed E-state index contributed by atoms with van der Waals surface area (Å²) < 4.78 is 44.6. The van der Waals surface area contributed by atoms with Gasteiger partial charge in [0, 0.05) is 61.5 Å². The Morgan fingerprint density at radius 2 is 1.77 bits per heavy atom. The minimum atomic E-state index is -5.08. The Bertz CT molecular complexity index is 1300. The second kappa shape index (κ2) is 12.8. The van der Waals surface area contributed by atoms with Crippen LogP contribution in [-0.2, 0) is 22.6 Å². The van der Waals surface area contributed by atoms with Crippen molar-refractivity contribution in [1.29, 1.82) is 0 Å². The molecule has 3 heterocycles. The van der Waals surface area contributed by atoms with E-state index in [0.29, 0.717) is 37.3 Å². The highest BCUT2D eigenvalue weighted by molar-refractivity contribution is 5.94. The van der Waals surface area contributed by atoms with Crippen molar-refractivity contribution in [3.8, 4) is 16.9 Å². The lowest BCUT2D eigenvalue weighted by Gasteiger charge is -2.26. The number of ether oxygens (including phenoxy) is 2. The molecule has 2 N–H and O–H groups in total. The standard InChI is InChI=1S/C25H29N5O3.C2HF3O2/c1-32-23-5-3-2-4-19(23)13-26-24(31)22-12-20(17-30(22)16-18-6-7-18)21-14-27-25(28-15-21)29-8-10-33-11-9-29;3-2(4,5)1(6)7/h2-5,12,14-15,17-18H,6-11,13,16H2,1H3,(H,26,31);(H,6,7). The molecule has 1 aromatic carbocycles. The molecule has 5 rings (SSSR count). The number of aromatic nitrogens is 3. The van der Waals surface area contributed by atoms with Gasteiger partial charge in [-0.05, 0) is 30.9 Å². The highest BCUT2D eigenvalue weighted by Crippen LogP contribution is 2.32. The van der Waals surface area contributed by atoms with Crippen LogP contribution < -0.4 is 15.0 Å². The Labute approximate surface area is 228 Å². The molecule has 1 saturated heterocycles. The van der Waals surface area contributed by atoms with E-state index >= 15 is 0 Å². The van der Waals surface area contributed by atoms with Crippen molar-refractivity contribution in [2.24, 2.45) is 5.92 Å². The number of morpholine rings is 1. The second-order valence-corrected chi connectivity index (χ2v) is 9.38. The van der Waals surface area contributed by atoms with Crippen molar-refractivity contribution < 1.29 is 37.3 Å². The average molecular weight is 562 g/mol. The quantitative estimate of drug-likeness (QED) is 0.427. The number of carbonyl (C=O) groups is 2. The molecule has 1 aliphatic carbocycles. The molecule has 0 atom stereocenters. The van der Waals surface area contributed by atoms with Gasteiger partial charge in [-0.2, -0.15) is 13.2 Å². The number of anilines is 1. The van der Waals surface area contributed by atoms with Gasteiger partial charge in [-0.3, -0.25) is 4.79 Å². The van der Waals surface area contributed by atoms with Crippen LogP contribution in [0.2, 0.25) is 0 Å². The number of rotatable bonds is 8. The SMILES string of the molecule is COc1ccccc1CNC(=O)c1cc(-c2cnc(N3CCOCC3)nc2)cn1CC1CC1.O=C(O)C(F)(F)F. The third-order valence-corrected chi connectivity index (χ3v) is 6.42. The molecular formula is C27H30F3N5O5. The Morgan fingerprint density at radius 1 is 1.12 bits per heavy atom. The average Bonchev–Trinajstić information content (AvgIpc) is 3.68. The maximum atomic E-state index is 13.1. The van der Waals surface area contributed by atoms with Gasteiger partial charge in [0.25, 0.3) is 5.91 Å². The van der Waals surface area contributed by atoms with Gasteiger partial charge in [-0.15, -0.1) is 0 Å². The molecule has 1 amide bonds. The van der Waals surface area contributed by atoms with Crippen molar-refractivity contribution in [3.05, 3.63) is 60.2 Å². The van der Waals surface area contributed by atoms with E-state index in [2.05, 4.69) is 24.8 Å². The van der Waals surface area contributed by atoms with Crippen LogP contribution in [0.5, 0.6) is 5.75 Å². The van der Waals surface area contributed by atoms with Gasteiger partial charge in [-0.25, -0.2) is 14.8 Å². The normalized spacial score (nSPS) is 15.2. The summed E-state index contributed by atoms with van der Waals surface area (Å²) in [6, 6.07) is 9.66. The summed E-state index contributed by atoms with van der Waals surface area (Å²) in [5.74, 6) is -0.726. The van der Waals surface area contributed by atoms with E-state index in [1.807, 2.05) is 48.9 Å². The minimum absolute atomic E-state index is 0.0985. The number of amides is 1. The first kappa shape index (κ1) is 28.9.